The Bertz CT molecular complexity index is 372. The Balaban J connectivity index is 2.40. The predicted molar refractivity (Wildman–Crippen MR) is 66.5 cm³/mol. The summed E-state index contributed by atoms with van der Waals surface area (Å²) in [6.45, 7) is 0.603. The Morgan fingerprint density at radius 3 is 2.69 bits per heavy atom. The molecule has 0 amide bonds. The van der Waals surface area contributed by atoms with Crippen LogP contribution in [0, 0.1) is 0 Å². The van der Waals surface area contributed by atoms with Gasteiger partial charge in [0.1, 0.15) is 0 Å². The molecule has 1 fully saturated rings. The van der Waals surface area contributed by atoms with Crippen molar-refractivity contribution in [3.05, 3.63) is 34.3 Å². The monoisotopic (exact) mass is 239 g/mol. The maximum atomic E-state index is 6.47. The van der Waals surface area contributed by atoms with Crippen molar-refractivity contribution in [2.45, 2.75) is 37.8 Å². The van der Waals surface area contributed by atoms with Crippen molar-refractivity contribution in [3.8, 4) is 0 Å². The van der Waals surface area contributed by atoms with Crippen LogP contribution in [0.15, 0.2) is 18.2 Å². The van der Waals surface area contributed by atoms with Crippen LogP contribution in [-0.2, 0) is 16.9 Å². The zero-order valence-electron chi connectivity index (χ0n) is 9.63. The lowest BCUT2D eigenvalue weighted by atomic mass is 9.86. The van der Waals surface area contributed by atoms with Gasteiger partial charge in [-0.05, 0) is 36.1 Å². The highest BCUT2D eigenvalue weighted by Crippen LogP contribution is 2.39. The van der Waals surface area contributed by atoms with E-state index in [1.54, 1.807) is 7.11 Å². The fraction of sp³-hybridized carbons (Fsp3) is 0.538. The summed E-state index contributed by atoms with van der Waals surface area (Å²) in [6, 6.07) is 5.92. The van der Waals surface area contributed by atoms with E-state index < -0.39 is 0 Å². The number of hydrogen-bond donors (Lipinski definition) is 1. The molecule has 0 spiro atoms. The third kappa shape index (κ3) is 2.24. The molecule has 0 bridgehead atoms. The van der Waals surface area contributed by atoms with Crippen LogP contribution >= 0.6 is 11.6 Å². The molecule has 1 aromatic carbocycles. The number of hydrogen-bond acceptors (Lipinski definition) is 2. The number of benzene rings is 1. The molecule has 0 unspecified atom stereocenters. The first kappa shape index (κ1) is 11.9. The highest BCUT2D eigenvalue weighted by Gasteiger charge is 2.33. The second-order valence-corrected chi connectivity index (χ2v) is 5.03. The lowest BCUT2D eigenvalue weighted by molar-refractivity contribution is 0.182. The first-order chi connectivity index (χ1) is 7.65. The summed E-state index contributed by atoms with van der Waals surface area (Å²) in [5.41, 5.74) is 8.60. The quantitative estimate of drug-likeness (QED) is 0.879. The number of methoxy groups -OCH3 is 1. The van der Waals surface area contributed by atoms with Crippen LogP contribution in [-0.4, -0.2) is 7.11 Å². The van der Waals surface area contributed by atoms with Gasteiger partial charge in [0.2, 0.25) is 0 Å². The van der Waals surface area contributed by atoms with Crippen molar-refractivity contribution in [1.29, 1.82) is 0 Å². The summed E-state index contributed by atoms with van der Waals surface area (Å²) < 4.78 is 5.21. The largest absolute Gasteiger partial charge is 0.380 e. The van der Waals surface area contributed by atoms with Crippen LogP contribution in [0.5, 0.6) is 0 Å². The zero-order valence-corrected chi connectivity index (χ0v) is 10.4. The maximum Gasteiger partial charge on any atom is 0.0716 e. The van der Waals surface area contributed by atoms with E-state index in [0.717, 1.165) is 23.4 Å². The van der Waals surface area contributed by atoms with Crippen LogP contribution in [0.3, 0.4) is 0 Å². The van der Waals surface area contributed by atoms with Crippen molar-refractivity contribution >= 4 is 11.6 Å². The third-order valence-electron chi connectivity index (χ3n) is 3.40. The van der Waals surface area contributed by atoms with Crippen molar-refractivity contribution in [2.75, 3.05) is 7.11 Å². The molecule has 1 aliphatic rings. The summed E-state index contributed by atoms with van der Waals surface area (Å²) in [7, 11) is 1.70. The molecule has 2 N–H and O–H groups in total. The molecule has 0 aromatic heterocycles. The Hall–Kier alpha value is -0.570. The molecule has 88 valence electrons. The third-order valence-corrected chi connectivity index (χ3v) is 3.64. The van der Waals surface area contributed by atoms with Crippen LogP contribution in [0.1, 0.15) is 36.8 Å². The Morgan fingerprint density at radius 1 is 1.38 bits per heavy atom. The fourth-order valence-electron chi connectivity index (χ4n) is 2.57. The van der Waals surface area contributed by atoms with Gasteiger partial charge in [-0.25, -0.2) is 0 Å². The van der Waals surface area contributed by atoms with Gasteiger partial charge in [-0.2, -0.15) is 0 Å². The molecule has 2 nitrogen and oxygen atoms in total. The summed E-state index contributed by atoms with van der Waals surface area (Å²) in [5.74, 6) is 0. The van der Waals surface area contributed by atoms with Gasteiger partial charge < -0.3 is 10.5 Å². The summed E-state index contributed by atoms with van der Waals surface area (Å²) in [5, 5.41) is 0.756. The van der Waals surface area contributed by atoms with Crippen molar-refractivity contribution in [1.82, 2.24) is 0 Å². The average molecular weight is 240 g/mol. The molecule has 0 saturated heterocycles. The average Bonchev–Trinajstić information content (AvgIpc) is 2.69. The van der Waals surface area contributed by atoms with Gasteiger partial charge in [0, 0.05) is 17.7 Å². The lowest BCUT2D eigenvalue weighted by Crippen LogP contribution is -2.34. The molecule has 1 saturated carbocycles. The minimum absolute atomic E-state index is 0.196. The highest BCUT2D eigenvalue weighted by atomic mass is 35.5. The van der Waals surface area contributed by atoms with E-state index in [1.807, 2.05) is 18.2 Å². The standard InChI is InChI=1S/C13H18ClNO/c1-16-9-10-4-5-11(14)8-12(10)13(15)6-2-3-7-13/h4-5,8H,2-3,6-7,9,15H2,1H3. The van der Waals surface area contributed by atoms with Crippen molar-refractivity contribution in [3.63, 3.8) is 0 Å². The Morgan fingerprint density at radius 2 is 2.06 bits per heavy atom. The molecular formula is C13H18ClNO. The van der Waals surface area contributed by atoms with E-state index in [0.29, 0.717) is 6.61 Å². The first-order valence-electron chi connectivity index (χ1n) is 5.72. The van der Waals surface area contributed by atoms with Gasteiger partial charge in [-0.3, -0.25) is 0 Å². The SMILES string of the molecule is COCc1ccc(Cl)cc1C1(N)CCCC1. The maximum absolute atomic E-state index is 6.47. The number of rotatable bonds is 3. The fourth-order valence-corrected chi connectivity index (χ4v) is 2.74. The zero-order chi connectivity index (χ0) is 11.6. The molecule has 0 atom stereocenters. The van der Waals surface area contributed by atoms with Crippen molar-refractivity contribution in [2.24, 2.45) is 5.73 Å². The van der Waals surface area contributed by atoms with Gasteiger partial charge >= 0.3 is 0 Å². The highest BCUT2D eigenvalue weighted by molar-refractivity contribution is 6.30. The van der Waals surface area contributed by atoms with E-state index >= 15 is 0 Å². The van der Waals surface area contributed by atoms with E-state index in [1.165, 1.54) is 18.4 Å². The molecule has 16 heavy (non-hydrogen) atoms. The van der Waals surface area contributed by atoms with Gasteiger partial charge in [-0.15, -0.1) is 0 Å². The molecule has 0 aliphatic heterocycles. The first-order valence-corrected chi connectivity index (χ1v) is 6.10. The van der Waals surface area contributed by atoms with Gasteiger partial charge in [0.15, 0.2) is 0 Å². The van der Waals surface area contributed by atoms with E-state index in [-0.39, 0.29) is 5.54 Å². The summed E-state index contributed by atoms with van der Waals surface area (Å²) in [6.07, 6.45) is 4.50. The molecular weight excluding hydrogens is 222 g/mol. The smallest absolute Gasteiger partial charge is 0.0716 e. The molecule has 3 heteroatoms. The summed E-state index contributed by atoms with van der Waals surface area (Å²) in [4.78, 5) is 0. The second kappa shape index (κ2) is 4.74. The topological polar surface area (TPSA) is 35.2 Å². The minimum atomic E-state index is -0.196. The lowest BCUT2D eigenvalue weighted by Gasteiger charge is -2.27. The van der Waals surface area contributed by atoms with Crippen LogP contribution in [0.2, 0.25) is 5.02 Å². The number of ether oxygens (including phenoxy) is 1. The summed E-state index contributed by atoms with van der Waals surface area (Å²) >= 11 is 6.06. The normalized spacial score (nSPS) is 18.9. The van der Waals surface area contributed by atoms with Crippen molar-refractivity contribution < 1.29 is 4.74 Å². The van der Waals surface area contributed by atoms with E-state index in [9.17, 15) is 0 Å². The molecule has 1 aromatic rings. The number of halogens is 1. The molecule has 0 radical (unpaired) electrons. The molecule has 0 heterocycles. The van der Waals surface area contributed by atoms with E-state index in [2.05, 4.69) is 0 Å². The van der Waals surface area contributed by atoms with Gasteiger partial charge in [0.25, 0.3) is 0 Å². The molecule has 1 aliphatic carbocycles. The Kier molecular flexibility index (Phi) is 3.53. The number of nitrogens with two attached hydrogens (primary N) is 1. The van der Waals surface area contributed by atoms with Gasteiger partial charge in [0.05, 0.1) is 6.61 Å². The predicted octanol–water partition coefficient (Wildman–Crippen LogP) is 3.21. The van der Waals surface area contributed by atoms with Crippen LogP contribution in [0.4, 0.5) is 0 Å². The van der Waals surface area contributed by atoms with Crippen LogP contribution < -0.4 is 5.73 Å². The second-order valence-electron chi connectivity index (χ2n) is 4.60. The minimum Gasteiger partial charge on any atom is -0.380 e. The Labute approximate surface area is 102 Å². The van der Waals surface area contributed by atoms with Gasteiger partial charge in [-0.1, -0.05) is 30.5 Å². The van der Waals surface area contributed by atoms with E-state index in [4.69, 9.17) is 22.1 Å². The molecule has 2 rings (SSSR count). The van der Waals surface area contributed by atoms with Crippen LogP contribution in [0.25, 0.3) is 0 Å².